The molecular formula is C24H19ClFN7O3. The number of ether oxygens (including phenoxy) is 1. The van der Waals surface area contributed by atoms with Crippen LogP contribution in [0.2, 0.25) is 5.02 Å². The molecule has 182 valence electrons. The molecule has 0 aliphatic rings. The van der Waals surface area contributed by atoms with Crippen molar-refractivity contribution in [1.29, 1.82) is 0 Å². The molecule has 0 saturated carbocycles. The zero-order chi connectivity index (χ0) is 25.4. The monoisotopic (exact) mass is 507 g/mol. The van der Waals surface area contributed by atoms with E-state index in [-0.39, 0.29) is 30.6 Å². The number of hydrogen-bond donors (Lipinski definition) is 2. The molecular weight excluding hydrogens is 489 g/mol. The highest BCUT2D eigenvalue weighted by molar-refractivity contribution is 6.30. The first-order valence-corrected chi connectivity index (χ1v) is 11.1. The van der Waals surface area contributed by atoms with Gasteiger partial charge in [0.15, 0.2) is 5.65 Å². The molecule has 0 atom stereocenters. The van der Waals surface area contributed by atoms with Crippen molar-refractivity contribution >= 4 is 23.2 Å². The van der Waals surface area contributed by atoms with Crippen LogP contribution in [0, 0.1) is 5.82 Å². The summed E-state index contributed by atoms with van der Waals surface area (Å²) in [6.07, 6.45) is 1.48. The van der Waals surface area contributed by atoms with Crippen LogP contribution in [0.15, 0.2) is 59.5 Å². The van der Waals surface area contributed by atoms with Crippen molar-refractivity contribution in [3.05, 3.63) is 87.4 Å². The van der Waals surface area contributed by atoms with E-state index in [2.05, 4.69) is 20.1 Å². The third-order valence-corrected chi connectivity index (χ3v) is 5.71. The van der Waals surface area contributed by atoms with Gasteiger partial charge in [-0.25, -0.2) is 28.2 Å². The minimum absolute atomic E-state index is 0.0595. The Morgan fingerprint density at radius 3 is 2.53 bits per heavy atom. The van der Waals surface area contributed by atoms with Crippen molar-refractivity contribution in [2.24, 2.45) is 0 Å². The van der Waals surface area contributed by atoms with E-state index in [4.69, 9.17) is 22.1 Å². The lowest BCUT2D eigenvalue weighted by atomic mass is 10.00. The summed E-state index contributed by atoms with van der Waals surface area (Å²) < 4.78 is 21.4. The third kappa shape index (κ3) is 4.25. The van der Waals surface area contributed by atoms with E-state index >= 15 is 0 Å². The first-order chi connectivity index (χ1) is 17.4. The molecule has 0 unspecified atom stereocenters. The number of fused-ring (bicyclic) bond motifs is 1. The fourth-order valence-corrected chi connectivity index (χ4v) is 3.94. The Hall–Kier alpha value is -4.35. The molecule has 0 amide bonds. The third-order valence-electron chi connectivity index (χ3n) is 5.49. The van der Waals surface area contributed by atoms with E-state index in [1.807, 2.05) is 0 Å². The van der Waals surface area contributed by atoms with Crippen LogP contribution in [-0.4, -0.2) is 41.3 Å². The van der Waals surface area contributed by atoms with Gasteiger partial charge in [-0.15, -0.1) is 5.10 Å². The van der Waals surface area contributed by atoms with Crippen LogP contribution < -0.4 is 16.2 Å². The molecule has 4 heterocycles. The summed E-state index contributed by atoms with van der Waals surface area (Å²) in [4.78, 5) is 26.2. The van der Waals surface area contributed by atoms with Crippen LogP contribution in [0.5, 0.6) is 5.88 Å². The second-order valence-corrected chi connectivity index (χ2v) is 8.25. The van der Waals surface area contributed by atoms with Gasteiger partial charge in [-0.3, -0.25) is 4.98 Å². The van der Waals surface area contributed by atoms with Gasteiger partial charge in [-0.2, -0.15) is 0 Å². The van der Waals surface area contributed by atoms with Crippen molar-refractivity contribution < 1.29 is 14.2 Å². The summed E-state index contributed by atoms with van der Waals surface area (Å²) in [5.74, 6) is -0.279. The number of rotatable bonds is 6. The Labute approximate surface area is 208 Å². The summed E-state index contributed by atoms with van der Waals surface area (Å²) in [5, 5.41) is 14.8. The lowest BCUT2D eigenvalue weighted by Gasteiger charge is -2.13. The van der Waals surface area contributed by atoms with Crippen LogP contribution in [0.25, 0.3) is 28.0 Å². The quantitative estimate of drug-likeness (QED) is 0.358. The van der Waals surface area contributed by atoms with Crippen molar-refractivity contribution in [2.75, 3.05) is 12.8 Å². The number of hydrogen-bond acceptors (Lipinski definition) is 8. The highest BCUT2D eigenvalue weighted by Crippen LogP contribution is 2.36. The standard InChI is InChI=1S/C24H19ClFN7O3/c1-36-19-9-14(8-18(12-34)29-19)20-21(13-2-5-16(26)6-3-13)30-23(27)33-22(20)31-32(24(33)35)11-17-7-4-15(25)10-28-17/h2-10,34H,11-12H2,1H3,(H2,27,30). The lowest BCUT2D eigenvalue weighted by molar-refractivity contribution is 0.274. The molecule has 12 heteroatoms. The number of nitrogens with two attached hydrogens (primary N) is 1. The van der Waals surface area contributed by atoms with Gasteiger partial charge in [0.25, 0.3) is 0 Å². The summed E-state index contributed by atoms with van der Waals surface area (Å²) in [6, 6.07) is 12.3. The predicted molar refractivity (Wildman–Crippen MR) is 131 cm³/mol. The van der Waals surface area contributed by atoms with E-state index in [0.717, 1.165) is 0 Å². The van der Waals surface area contributed by atoms with Gasteiger partial charge in [-0.05, 0) is 48.0 Å². The Kier molecular flexibility index (Phi) is 6.08. The lowest BCUT2D eigenvalue weighted by Crippen LogP contribution is -2.24. The van der Waals surface area contributed by atoms with E-state index in [9.17, 15) is 14.3 Å². The highest BCUT2D eigenvalue weighted by atomic mass is 35.5. The summed E-state index contributed by atoms with van der Waals surface area (Å²) in [7, 11) is 1.45. The molecule has 36 heavy (non-hydrogen) atoms. The molecule has 0 aliphatic heterocycles. The number of anilines is 1. The SMILES string of the molecule is COc1cc(-c2c(-c3ccc(F)cc3)nc(N)n3c(=O)n(Cc4ccc(Cl)cn4)nc23)cc(CO)n1. The first kappa shape index (κ1) is 23.4. The second-order valence-electron chi connectivity index (χ2n) is 7.82. The number of pyridine rings is 2. The van der Waals surface area contributed by atoms with E-state index < -0.39 is 11.5 Å². The fraction of sp³-hybridized carbons (Fsp3) is 0.125. The second kappa shape index (κ2) is 9.36. The number of methoxy groups -OCH3 is 1. The van der Waals surface area contributed by atoms with Crippen molar-refractivity contribution in [1.82, 2.24) is 29.1 Å². The normalized spacial score (nSPS) is 11.2. The number of aliphatic hydroxyl groups is 1. The zero-order valence-corrected chi connectivity index (χ0v) is 19.6. The van der Waals surface area contributed by atoms with Gasteiger partial charge in [0.2, 0.25) is 11.8 Å². The van der Waals surface area contributed by atoms with Gasteiger partial charge < -0.3 is 15.6 Å². The molecule has 5 aromatic rings. The van der Waals surface area contributed by atoms with Crippen LogP contribution in [0.4, 0.5) is 10.3 Å². The summed E-state index contributed by atoms with van der Waals surface area (Å²) >= 11 is 5.92. The van der Waals surface area contributed by atoms with Crippen molar-refractivity contribution in [3.8, 4) is 28.3 Å². The fourth-order valence-electron chi connectivity index (χ4n) is 3.83. The number of nitrogens with zero attached hydrogens (tertiary/aromatic N) is 6. The predicted octanol–water partition coefficient (Wildman–Crippen LogP) is 2.94. The zero-order valence-electron chi connectivity index (χ0n) is 18.9. The minimum Gasteiger partial charge on any atom is -0.481 e. The number of aromatic nitrogens is 6. The molecule has 0 spiro atoms. The molecule has 0 bridgehead atoms. The first-order valence-electron chi connectivity index (χ1n) is 10.7. The molecule has 0 fully saturated rings. The maximum Gasteiger partial charge on any atom is 0.353 e. The average molecular weight is 508 g/mol. The number of nitrogen functional groups attached to an aromatic ring is 1. The minimum atomic E-state index is -0.526. The molecule has 0 radical (unpaired) electrons. The van der Waals surface area contributed by atoms with Crippen molar-refractivity contribution in [2.45, 2.75) is 13.2 Å². The summed E-state index contributed by atoms with van der Waals surface area (Å²) in [5.41, 5.74) is 8.64. The number of aliphatic hydroxyl groups excluding tert-OH is 1. The molecule has 10 nitrogen and oxygen atoms in total. The number of halogens is 2. The maximum absolute atomic E-state index is 13.7. The summed E-state index contributed by atoms with van der Waals surface area (Å²) in [6.45, 7) is -0.289. The molecule has 4 aromatic heterocycles. The van der Waals surface area contributed by atoms with Gasteiger partial charge in [0.05, 0.1) is 47.9 Å². The van der Waals surface area contributed by atoms with Crippen LogP contribution in [-0.2, 0) is 13.2 Å². The van der Waals surface area contributed by atoms with Gasteiger partial charge >= 0.3 is 5.69 Å². The van der Waals surface area contributed by atoms with Crippen molar-refractivity contribution in [3.63, 3.8) is 0 Å². The average Bonchev–Trinajstić information content (AvgIpc) is 3.21. The number of benzene rings is 1. The Morgan fingerprint density at radius 2 is 1.86 bits per heavy atom. The van der Waals surface area contributed by atoms with Gasteiger partial charge in [0, 0.05) is 17.8 Å². The van der Waals surface area contributed by atoms with Gasteiger partial charge in [0.1, 0.15) is 5.82 Å². The molecule has 1 aromatic carbocycles. The maximum atomic E-state index is 13.7. The molecule has 0 aliphatic carbocycles. The van der Waals surface area contributed by atoms with E-state index in [1.54, 1.807) is 36.4 Å². The van der Waals surface area contributed by atoms with Crippen LogP contribution in [0.1, 0.15) is 11.4 Å². The van der Waals surface area contributed by atoms with Gasteiger partial charge in [-0.1, -0.05) is 11.6 Å². The Bertz CT molecular complexity index is 1610. The Balaban J connectivity index is 1.81. The molecule has 3 N–H and O–H groups in total. The smallest absolute Gasteiger partial charge is 0.353 e. The Morgan fingerprint density at radius 1 is 1.08 bits per heavy atom. The van der Waals surface area contributed by atoms with Crippen LogP contribution >= 0.6 is 11.6 Å². The molecule has 5 rings (SSSR count). The topological polar surface area (TPSA) is 133 Å². The molecule has 0 saturated heterocycles. The van der Waals surface area contributed by atoms with E-state index in [1.165, 1.54) is 34.5 Å². The largest absolute Gasteiger partial charge is 0.481 e. The highest BCUT2D eigenvalue weighted by Gasteiger charge is 2.23. The van der Waals surface area contributed by atoms with E-state index in [0.29, 0.717) is 38.8 Å². The van der Waals surface area contributed by atoms with Crippen LogP contribution in [0.3, 0.4) is 0 Å².